The zero-order valence-electron chi connectivity index (χ0n) is 26.2. The van der Waals surface area contributed by atoms with Crippen molar-refractivity contribution in [3.8, 4) is 30.6 Å². The molecule has 6 aromatic carbocycles. The molecule has 0 bridgehead atoms. The number of fused-ring (bicyclic) bond motifs is 4. The number of hydrogen-bond donors (Lipinski definition) is 0. The molecule has 0 N–H and O–H groups in total. The van der Waals surface area contributed by atoms with Crippen molar-refractivity contribution in [1.29, 1.82) is 0 Å². The topological polar surface area (TPSA) is 0 Å². The van der Waals surface area contributed by atoms with Gasteiger partial charge in [0.05, 0.1) is 0 Å². The van der Waals surface area contributed by atoms with Gasteiger partial charge in [-0.1, -0.05) is 106 Å². The van der Waals surface area contributed by atoms with E-state index in [0.29, 0.717) is 0 Å². The van der Waals surface area contributed by atoms with Gasteiger partial charge in [0.25, 0.3) is 0 Å². The molecule has 0 aliphatic heterocycles. The fourth-order valence-electron chi connectivity index (χ4n) is 5.44. The second-order valence-corrected chi connectivity index (χ2v) is 13.4. The van der Waals surface area contributed by atoms with E-state index in [1.807, 2.05) is 29.6 Å². The van der Waals surface area contributed by atoms with Crippen LogP contribution < -0.4 is 0 Å². The first-order valence-corrected chi connectivity index (χ1v) is 17.4. The zero-order valence-corrected chi connectivity index (χ0v) is 27.8. The molecule has 0 radical (unpaired) electrons. The van der Waals surface area contributed by atoms with Gasteiger partial charge in [0, 0.05) is 19.5 Å². The molecule has 2 heterocycles. The van der Waals surface area contributed by atoms with Crippen LogP contribution in [-0.4, -0.2) is 0 Å². The number of hydrogen-bond acceptors (Lipinski definition) is 2. The average molecular weight is 619 g/mol. The summed E-state index contributed by atoms with van der Waals surface area (Å²) in [5, 5.41) is 10.3. The maximum Gasteiger partial charge on any atom is 0.0449 e. The van der Waals surface area contributed by atoms with Gasteiger partial charge in [-0.15, -0.1) is 29.3 Å². The summed E-state index contributed by atoms with van der Waals surface area (Å²) in [4.78, 5) is 5.26. The quantitative estimate of drug-likeness (QED) is 0.136. The number of thiophene rings is 2. The van der Waals surface area contributed by atoms with Gasteiger partial charge < -0.3 is 0 Å². The van der Waals surface area contributed by atoms with Gasteiger partial charge >= 0.3 is 0 Å². The van der Waals surface area contributed by atoms with Gasteiger partial charge in [0.2, 0.25) is 0 Å². The second kappa shape index (κ2) is 14.1. The van der Waals surface area contributed by atoms with Crippen LogP contribution in [0, 0.1) is 0 Å². The van der Waals surface area contributed by atoms with Crippen LogP contribution in [0.5, 0.6) is 0 Å². The standard InChI is InChI=1S/C36H22S2.C4H10.C3H6/c1-3-7-25-19-31-21-29(11-9-27(31)17-23(25)5-1)33-13-15-35(37-33)36-16-14-34(38-36)30-12-10-28-18-24-6-2-4-8-26(24)20-32(28)22-30;1-3-4-2;1-3-2/h1-22H;3-4H2,1-2H3;3H,1H2,2H3. The largest absolute Gasteiger partial charge is 0.134 e. The van der Waals surface area contributed by atoms with Crippen LogP contribution in [0.3, 0.4) is 0 Å². The maximum absolute atomic E-state index is 3.36. The van der Waals surface area contributed by atoms with Gasteiger partial charge in [-0.2, -0.15) is 0 Å². The van der Waals surface area contributed by atoms with E-state index in [4.69, 9.17) is 0 Å². The van der Waals surface area contributed by atoms with Gasteiger partial charge in [0.15, 0.2) is 0 Å². The SMILES string of the molecule is C=CC.CCCC.c1ccc2cc3cc(-c4ccc(-c5ccc(-c6ccc7cc8ccccc8cc7c6)s5)s4)ccc3cc2c1. The van der Waals surface area contributed by atoms with E-state index in [0.717, 1.165) is 0 Å². The van der Waals surface area contributed by atoms with Crippen molar-refractivity contribution < 1.29 is 0 Å². The summed E-state index contributed by atoms with van der Waals surface area (Å²) in [6.45, 7) is 9.61. The summed E-state index contributed by atoms with van der Waals surface area (Å²) in [6.07, 6.45) is 4.39. The molecule has 0 fully saturated rings. The van der Waals surface area contributed by atoms with E-state index in [-0.39, 0.29) is 0 Å². The fourth-order valence-corrected chi connectivity index (χ4v) is 7.53. The number of unbranched alkanes of at least 4 members (excludes halogenated alkanes) is 1. The normalized spacial score (nSPS) is 10.8. The van der Waals surface area contributed by atoms with Crippen molar-refractivity contribution in [3.05, 3.63) is 146 Å². The Morgan fingerprint density at radius 2 is 0.733 bits per heavy atom. The van der Waals surface area contributed by atoms with Gasteiger partial charge in [0.1, 0.15) is 0 Å². The first kappa shape index (κ1) is 30.5. The van der Waals surface area contributed by atoms with E-state index < -0.39 is 0 Å². The molecular weight excluding hydrogens is 581 g/mol. The summed E-state index contributed by atoms with van der Waals surface area (Å²) in [5.41, 5.74) is 2.56. The van der Waals surface area contributed by atoms with E-state index in [2.05, 4.69) is 154 Å². The molecule has 8 rings (SSSR count). The first-order valence-electron chi connectivity index (χ1n) is 15.7. The Hall–Kier alpha value is -4.50. The lowest BCUT2D eigenvalue weighted by Gasteiger charge is -2.05. The highest BCUT2D eigenvalue weighted by molar-refractivity contribution is 7.25. The minimum absolute atomic E-state index is 1.28. The Bertz CT molecular complexity index is 2070. The van der Waals surface area contributed by atoms with Crippen LogP contribution in [0.4, 0.5) is 0 Å². The highest BCUT2D eigenvalue weighted by Crippen LogP contribution is 2.41. The van der Waals surface area contributed by atoms with E-state index in [1.54, 1.807) is 6.08 Å². The minimum atomic E-state index is 1.28. The molecule has 0 spiro atoms. The lowest BCUT2D eigenvalue weighted by molar-refractivity contribution is 0.886. The monoisotopic (exact) mass is 618 g/mol. The molecule has 0 amide bonds. The van der Waals surface area contributed by atoms with Crippen LogP contribution in [0.1, 0.15) is 33.6 Å². The Balaban J connectivity index is 0.000000468. The second-order valence-electron chi connectivity index (χ2n) is 11.3. The van der Waals surface area contributed by atoms with E-state index in [1.165, 1.54) is 86.6 Å². The molecule has 2 aromatic heterocycles. The predicted octanol–water partition coefficient (Wildman–Crippen LogP) is 14.4. The smallest absolute Gasteiger partial charge is 0.0449 e. The van der Waals surface area contributed by atoms with Crippen molar-refractivity contribution in [2.75, 3.05) is 0 Å². The van der Waals surface area contributed by atoms with Gasteiger partial charge in [-0.3, -0.25) is 0 Å². The zero-order chi connectivity index (χ0) is 31.2. The highest BCUT2D eigenvalue weighted by atomic mass is 32.1. The molecule has 0 unspecified atom stereocenters. The van der Waals surface area contributed by atoms with Crippen LogP contribution in [-0.2, 0) is 0 Å². The third kappa shape index (κ3) is 6.78. The molecule has 0 aliphatic rings. The van der Waals surface area contributed by atoms with Crippen LogP contribution in [0.2, 0.25) is 0 Å². The lowest BCUT2D eigenvalue weighted by Crippen LogP contribution is -1.78. The molecule has 0 saturated heterocycles. The molecule has 0 atom stereocenters. The highest BCUT2D eigenvalue weighted by Gasteiger charge is 2.11. The number of allylic oxidation sites excluding steroid dienone is 1. The molecule has 222 valence electrons. The summed E-state index contributed by atoms with van der Waals surface area (Å²) in [7, 11) is 0. The molecule has 2 heteroatoms. The summed E-state index contributed by atoms with van der Waals surface area (Å²) < 4.78 is 0. The van der Waals surface area contributed by atoms with Crippen LogP contribution in [0.15, 0.2) is 146 Å². The van der Waals surface area contributed by atoms with E-state index >= 15 is 0 Å². The predicted molar refractivity (Wildman–Crippen MR) is 205 cm³/mol. The Kier molecular flexibility index (Phi) is 9.55. The summed E-state index contributed by atoms with van der Waals surface area (Å²) in [6, 6.07) is 49.1. The molecule has 0 saturated carbocycles. The summed E-state index contributed by atoms with van der Waals surface area (Å²) >= 11 is 3.75. The average Bonchev–Trinajstić information content (AvgIpc) is 3.77. The van der Waals surface area contributed by atoms with E-state index in [9.17, 15) is 0 Å². The van der Waals surface area contributed by atoms with Gasteiger partial charge in [-0.05, 0) is 122 Å². The first-order chi connectivity index (χ1) is 22.1. The lowest BCUT2D eigenvalue weighted by atomic mass is 10.0. The molecule has 8 aromatic rings. The Labute approximate surface area is 274 Å². The van der Waals surface area contributed by atoms with Crippen LogP contribution in [0.25, 0.3) is 73.7 Å². The van der Waals surface area contributed by atoms with Crippen molar-refractivity contribution in [3.63, 3.8) is 0 Å². The van der Waals surface area contributed by atoms with Crippen LogP contribution >= 0.6 is 22.7 Å². The van der Waals surface area contributed by atoms with Crippen molar-refractivity contribution >= 4 is 65.8 Å². The minimum Gasteiger partial charge on any atom is -0.134 e. The Morgan fingerprint density at radius 1 is 0.422 bits per heavy atom. The Morgan fingerprint density at radius 3 is 1.09 bits per heavy atom. The van der Waals surface area contributed by atoms with Crippen molar-refractivity contribution in [2.45, 2.75) is 33.6 Å². The molecule has 45 heavy (non-hydrogen) atoms. The molecular formula is C43H38S2. The summed E-state index contributed by atoms with van der Waals surface area (Å²) in [5.74, 6) is 0. The molecule has 0 nitrogen and oxygen atoms in total. The maximum atomic E-state index is 3.36. The van der Waals surface area contributed by atoms with Crippen molar-refractivity contribution in [2.24, 2.45) is 0 Å². The third-order valence-electron chi connectivity index (χ3n) is 7.93. The number of rotatable bonds is 4. The van der Waals surface area contributed by atoms with Gasteiger partial charge in [-0.25, -0.2) is 0 Å². The fraction of sp³-hybridized carbons (Fsp3) is 0.116. The number of benzene rings is 6. The molecule has 0 aliphatic carbocycles. The third-order valence-corrected chi connectivity index (χ3v) is 10.4. The van der Waals surface area contributed by atoms with Crippen molar-refractivity contribution in [1.82, 2.24) is 0 Å².